The second-order valence-corrected chi connectivity index (χ2v) is 5.50. The third-order valence-corrected chi connectivity index (χ3v) is 3.87. The lowest BCUT2D eigenvalue weighted by Crippen LogP contribution is -2.31. The average molecular weight is 281 g/mol. The zero-order valence-electron chi connectivity index (χ0n) is 11.4. The largest absolute Gasteiger partial charge is 0.343 e. The van der Waals surface area contributed by atoms with Gasteiger partial charge in [0.25, 0.3) is 0 Å². The number of benzene rings is 1. The summed E-state index contributed by atoms with van der Waals surface area (Å²) in [6, 6.07) is 8.06. The SMILES string of the molecule is CC(NCCC(=O)N1CCCC1)c1ccc(Cl)cc1. The molecule has 0 saturated carbocycles. The van der Waals surface area contributed by atoms with Gasteiger partial charge in [0.2, 0.25) is 5.91 Å². The van der Waals surface area contributed by atoms with E-state index in [0.29, 0.717) is 6.42 Å². The fourth-order valence-corrected chi connectivity index (χ4v) is 2.52. The number of likely N-dealkylation sites (tertiary alicyclic amines) is 1. The molecule has 0 aromatic heterocycles. The van der Waals surface area contributed by atoms with E-state index in [0.717, 1.165) is 37.5 Å². The van der Waals surface area contributed by atoms with Crippen molar-refractivity contribution >= 4 is 17.5 Å². The zero-order valence-corrected chi connectivity index (χ0v) is 12.1. The van der Waals surface area contributed by atoms with Crippen LogP contribution in [0.4, 0.5) is 0 Å². The minimum absolute atomic E-state index is 0.239. The lowest BCUT2D eigenvalue weighted by molar-refractivity contribution is -0.130. The quantitative estimate of drug-likeness (QED) is 0.899. The van der Waals surface area contributed by atoms with Crippen LogP contribution in [-0.4, -0.2) is 30.4 Å². The molecule has 4 heteroatoms. The number of carbonyl (C=O) groups is 1. The summed E-state index contributed by atoms with van der Waals surface area (Å²) in [5.74, 6) is 0.272. The molecule has 0 radical (unpaired) electrons. The molecule has 1 aromatic carbocycles. The summed E-state index contributed by atoms with van der Waals surface area (Å²) in [4.78, 5) is 13.8. The van der Waals surface area contributed by atoms with E-state index in [1.54, 1.807) is 0 Å². The van der Waals surface area contributed by atoms with Gasteiger partial charge in [-0.15, -0.1) is 0 Å². The molecule has 104 valence electrons. The Labute approximate surface area is 119 Å². The van der Waals surface area contributed by atoms with E-state index >= 15 is 0 Å². The number of hydrogen-bond donors (Lipinski definition) is 1. The fraction of sp³-hybridized carbons (Fsp3) is 0.533. The maximum absolute atomic E-state index is 11.9. The van der Waals surface area contributed by atoms with E-state index in [4.69, 9.17) is 11.6 Å². The molecule has 1 N–H and O–H groups in total. The Morgan fingerprint density at radius 2 is 1.95 bits per heavy atom. The van der Waals surface area contributed by atoms with Crippen LogP contribution in [0.3, 0.4) is 0 Å². The fourth-order valence-electron chi connectivity index (χ4n) is 2.39. The third kappa shape index (κ3) is 4.22. The summed E-state index contributed by atoms with van der Waals surface area (Å²) in [5.41, 5.74) is 1.19. The smallest absolute Gasteiger partial charge is 0.223 e. The molecule has 1 aromatic rings. The maximum atomic E-state index is 11.9. The van der Waals surface area contributed by atoms with Crippen LogP contribution in [0.15, 0.2) is 24.3 Å². The zero-order chi connectivity index (χ0) is 13.7. The average Bonchev–Trinajstić information content (AvgIpc) is 2.93. The van der Waals surface area contributed by atoms with E-state index < -0.39 is 0 Å². The summed E-state index contributed by atoms with van der Waals surface area (Å²) in [7, 11) is 0. The molecule has 1 unspecified atom stereocenters. The van der Waals surface area contributed by atoms with Gasteiger partial charge in [-0.25, -0.2) is 0 Å². The summed E-state index contributed by atoms with van der Waals surface area (Å²) < 4.78 is 0. The number of carbonyl (C=O) groups excluding carboxylic acids is 1. The van der Waals surface area contributed by atoms with Crippen LogP contribution in [0.1, 0.15) is 37.8 Å². The molecule has 3 nitrogen and oxygen atoms in total. The normalized spacial score (nSPS) is 16.6. The van der Waals surface area contributed by atoms with Crippen molar-refractivity contribution in [2.24, 2.45) is 0 Å². The lowest BCUT2D eigenvalue weighted by Gasteiger charge is -2.17. The van der Waals surface area contributed by atoms with E-state index in [-0.39, 0.29) is 11.9 Å². The molecule has 0 bridgehead atoms. The van der Waals surface area contributed by atoms with Crippen LogP contribution in [0.5, 0.6) is 0 Å². The van der Waals surface area contributed by atoms with Gasteiger partial charge in [-0.3, -0.25) is 4.79 Å². The van der Waals surface area contributed by atoms with Gasteiger partial charge in [-0.1, -0.05) is 23.7 Å². The van der Waals surface area contributed by atoms with Crippen molar-refractivity contribution in [2.75, 3.05) is 19.6 Å². The second kappa shape index (κ2) is 6.92. The molecule has 0 spiro atoms. The van der Waals surface area contributed by atoms with Crippen molar-refractivity contribution in [2.45, 2.75) is 32.2 Å². The molecule has 1 aliphatic rings. The van der Waals surface area contributed by atoms with Crippen molar-refractivity contribution in [1.82, 2.24) is 10.2 Å². The van der Waals surface area contributed by atoms with Gasteiger partial charge in [-0.05, 0) is 37.5 Å². The van der Waals surface area contributed by atoms with Crippen LogP contribution < -0.4 is 5.32 Å². The van der Waals surface area contributed by atoms with Crippen molar-refractivity contribution in [1.29, 1.82) is 0 Å². The standard InChI is InChI=1S/C15H21ClN2O/c1-12(13-4-6-14(16)7-5-13)17-9-8-15(19)18-10-2-3-11-18/h4-7,12,17H,2-3,8-11H2,1H3. The number of halogens is 1. The molecule has 1 saturated heterocycles. The number of rotatable bonds is 5. The van der Waals surface area contributed by atoms with Crippen molar-refractivity contribution < 1.29 is 4.79 Å². The van der Waals surface area contributed by atoms with Gasteiger partial charge < -0.3 is 10.2 Å². The number of hydrogen-bond acceptors (Lipinski definition) is 2. The van der Waals surface area contributed by atoms with E-state index in [2.05, 4.69) is 12.2 Å². The van der Waals surface area contributed by atoms with Crippen LogP contribution >= 0.6 is 11.6 Å². The van der Waals surface area contributed by atoms with Crippen LogP contribution in [-0.2, 0) is 4.79 Å². The molecule has 19 heavy (non-hydrogen) atoms. The maximum Gasteiger partial charge on any atom is 0.223 e. The van der Waals surface area contributed by atoms with E-state index in [1.807, 2.05) is 29.2 Å². The van der Waals surface area contributed by atoms with Gasteiger partial charge in [0.1, 0.15) is 0 Å². The van der Waals surface area contributed by atoms with Gasteiger partial charge >= 0.3 is 0 Å². The Morgan fingerprint density at radius 1 is 1.32 bits per heavy atom. The van der Waals surface area contributed by atoms with Gasteiger partial charge in [0.15, 0.2) is 0 Å². The van der Waals surface area contributed by atoms with Crippen LogP contribution in [0.2, 0.25) is 5.02 Å². The van der Waals surface area contributed by atoms with E-state index in [9.17, 15) is 4.79 Å². The molecule has 1 atom stereocenters. The first-order valence-electron chi connectivity index (χ1n) is 6.93. The molecule has 1 heterocycles. The molecule has 2 rings (SSSR count). The lowest BCUT2D eigenvalue weighted by atomic mass is 10.1. The Kier molecular flexibility index (Phi) is 5.23. The number of nitrogens with zero attached hydrogens (tertiary/aromatic N) is 1. The van der Waals surface area contributed by atoms with Crippen molar-refractivity contribution in [3.8, 4) is 0 Å². The van der Waals surface area contributed by atoms with Gasteiger partial charge in [0.05, 0.1) is 0 Å². The Balaban J connectivity index is 1.72. The summed E-state index contributed by atoms with van der Waals surface area (Å²) in [6.45, 7) is 4.69. The monoisotopic (exact) mass is 280 g/mol. The minimum Gasteiger partial charge on any atom is -0.343 e. The third-order valence-electron chi connectivity index (χ3n) is 3.62. The highest BCUT2D eigenvalue weighted by Gasteiger charge is 2.17. The number of amides is 1. The molecule has 1 amide bonds. The first kappa shape index (κ1) is 14.4. The topological polar surface area (TPSA) is 32.3 Å². The Bertz CT molecular complexity index is 413. The first-order chi connectivity index (χ1) is 9.16. The first-order valence-corrected chi connectivity index (χ1v) is 7.31. The predicted molar refractivity (Wildman–Crippen MR) is 78.3 cm³/mol. The molecular weight excluding hydrogens is 260 g/mol. The highest BCUT2D eigenvalue weighted by atomic mass is 35.5. The van der Waals surface area contributed by atoms with Crippen LogP contribution in [0, 0.1) is 0 Å². The highest BCUT2D eigenvalue weighted by Crippen LogP contribution is 2.16. The predicted octanol–water partition coefficient (Wildman–Crippen LogP) is 3.00. The Hall–Kier alpha value is -1.06. The van der Waals surface area contributed by atoms with Crippen LogP contribution in [0.25, 0.3) is 0 Å². The molecule has 0 aliphatic carbocycles. The summed E-state index contributed by atoms with van der Waals surface area (Å²) in [6.07, 6.45) is 2.89. The number of nitrogens with one attached hydrogen (secondary N) is 1. The second-order valence-electron chi connectivity index (χ2n) is 5.07. The highest BCUT2D eigenvalue weighted by molar-refractivity contribution is 6.30. The van der Waals surface area contributed by atoms with Crippen molar-refractivity contribution in [3.63, 3.8) is 0 Å². The Morgan fingerprint density at radius 3 is 2.58 bits per heavy atom. The molecule has 1 fully saturated rings. The van der Waals surface area contributed by atoms with E-state index in [1.165, 1.54) is 5.56 Å². The summed E-state index contributed by atoms with van der Waals surface area (Å²) in [5, 5.41) is 4.13. The van der Waals surface area contributed by atoms with Gasteiger partial charge in [-0.2, -0.15) is 0 Å². The minimum atomic E-state index is 0.239. The van der Waals surface area contributed by atoms with Crippen molar-refractivity contribution in [3.05, 3.63) is 34.9 Å². The summed E-state index contributed by atoms with van der Waals surface area (Å²) >= 11 is 5.86. The molecule has 1 aliphatic heterocycles. The molecular formula is C15H21ClN2O. The van der Waals surface area contributed by atoms with Gasteiger partial charge in [0, 0.05) is 37.1 Å².